The second kappa shape index (κ2) is 8.91. The first-order valence-electron chi connectivity index (χ1n) is 9.83. The Morgan fingerprint density at radius 3 is 2.64 bits per heavy atom. The number of hydrogen-bond donors (Lipinski definition) is 3. The highest BCUT2D eigenvalue weighted by molar-refractivity contribution is 5.98. The van der Waals surface area contributed by atoms with Crippen molar-refractivity contribution in [2.24, 2.45) is 5.92 Å². The van der Waals surface area contributed by atoms with Crippen molar-refractivity contribution in [2.75, 3.05) is 5.32 Å². The molecular formula is C21H27N3O4. The summed E-state index contributed by atoms with van der Waals surface area (Å²) in [6, 6.07) is 6.49. The van der Waals surface area contributed by atoms with Crippen LogP contribution >= 0.6 is 0 Å². The Bertz CT molecular complexity index is 868. The topological polar surface area (TPSA) is 100 Å². The van der Waals surface area contributed by atoms with Gasteiger partial charge in [-0.05, 0) is 49.9 Å². The maximum Gasteiger partial charge on any atom is 0.323 e. The van der Waals surface area contributed by atoms with E-state index in [4.69, 9.17) is 5.11 Å². The lowest BCUT2D eigenvalue weighted by Gasteiger charge is -2.22. The minimum absolute atomic E-state index is 0.0734. The summed E-state index contributed by atoms with van der Waals surface area (Å²) in [6.45, 7) is 1.56. The molecule has 1 unspecified atom stereocenters. The first-order valence-corrected chi connectivity index (χ1v) is 9.83. The molecule has 7 nitrogen and oxygen atoms in total. The van der Waals surface area contributed by atoms with Gasteiger partial charge in [0.2, 0.25) is 11.8 Å². The summed E-state index contributed by atoms with van der Waals surface area (Å²) in [7, 11) is 0. The van der Waals surface area contributed by atoms with Crippen molar-refractivity contribution in [1.82, 2.24) is 9.88 Å². The van der Waals surface area contributed by atoms with E-state index in [1.165, 1.54) is 19.3 Å². The molecule has 1 fully saturated rings. The van der Waals surface area contributed by atoms with Crippen LogP contribution in [-0.2, 0) is 20.9 Å². The number of aliphatic carboxylic acids is 1. The van der Waals surface area contributed by atoms with Gasteiger partial charge in [0.15, 0.2) is 0 Å². The fraction of sp³-hybridized carbons (Fsp3) is 0.476. The van der Waals surface area contributed by atoms with E-state index in [9.17, 15) is 14.4 Å². The van der Waals surface area contributed by atoms with Crippen LogP contribution < -0.4 is 10.6 Å². The normalized spacial score (nSPS) is 15.9. The van der Waals surface area contributed by atoms with Crippen LogP contribution in [0.25, 0.3) is 10.9 Å². The van der Waals surface area contributed by atoms with Crippen molar-refractivity contribution in [2.45, 2.75) is 58.0 Å². The summed E-state index contributed by atoms with van der Waals surface area (Å²) in [5.74, 6) is -0.828. The molecule has 2 amide bonds. The number of nitrogens with one attached hydrogen (secondary N) is 2. The van der Waals surface area contributed by atoms with E-state index in [0.29, 0.717) is 18.0 Å². The van der Waals surface area contributed by atoms with Gasteiger partial charge in [0.1, 0.15) is 12.6 Å². The molecule has 1 aromatic carbocycles. The molecular weight excluding hydrogens is 358 g/mol. The zero-order chi connectivity index (χ0) is 20.1. The second-order valence-electron chi connectivity index (χ2n) is 7.60. The third-order valence-corrected chi connectivity index (χ3v) is 5.31. The lowest BCUT2D eigenvalue weighted by atomic mass is 9.87. The molecule has 1 aliphatic carbocycles. The van der Waals surface area contributed by atoms with Gasteiger partial charge in [-0.15, -0.1) is 0 Å². The van der Waals surface area contributed by atoms with Gasteiger partial charge < -0.3 is 20.3 Å². The van der Waals surface area contributed by atoms with Crippen LogP contribution in [-0.4, -0.2) is 33.5 Å². The molecule has 0 spiro atoms. The largest absolute Gasteiger partial charge is 0.480 e. The van der Waals surface area contributed by atoms with Crippen molar-refractivity contribution in [3.05, 3.63) is 30.5 Å². The van der Waals surface area contributed by atoms with E-state index in [0.717, 1.165) is 23.7 Å². The van der Waals surface area contributed by atoms with Gasteiger partial charge in [0, 0.05) is 29.2 Å². The molecule has 1 saturated carbocycles. The number of carbonyl (C=O) groups excluding carboxylic acids is 2. The summed E-state index contributed by atoms with van der Waals surface area (Å²) in [4.78, 5) is 35.5. The van der Waals surface area contributed by atoms with Gasteiger partial charge in [-0.25, -0.2) is 0 Å². The molecule has 1 aromatic heterocycles. The van der Waals surface area contributed by atoms with Crippen LogP contribution in [0.2, 0.25) is 0 Å². The van der Waals surface area contributed by atoms with Crippen molar-refractivity contribution >= 4 is 34.4 Å². The molecule has 7 heteroatoms. The molecule has 3 N–H and O–H groups in total. The fourth-order valence-electron chi connectivity index (χ4n) is 3.83. The SMILES string of the molecule is CC(NC(=O)CC1CCCCC1)C(=O)Nc1ccc2c(ccn2CC(=O)O)c1. The van der Waals surface area contributed by atoms with Gasteiger partial charge in [-0.2, -0.15) is 0 Å². The summed E-state index contributed by atoms with van der Waals surface area (Å²) < 4.78 is 1.64. The Balaban J connectivity index is 1.55. The number of carbonyl (C=O) groups is 3. The summed E-state index contributed by atoms with van der Waals surface area (Å²) >= 11 is 0. The predicted molar refractivity (Wildman–Crippen MR) is 107 cm³/mol. The molecule has 150 valence electrons. The smallest absolute Gasteiger partial charge is 0.323 e. The number of anilines is 1. The van der Waals surface area contributed by atoms with Crippen molar-refractivity contribution < 1.29 is 19.5 Å². The monoisotopic (exact) mass is 385 g/mol. The Kier molecular flexibility index (Phi) is 6.34. The third-order valence-electron chi connectivity index (χ3n) is 5.31. The molecule has 0 aliphatic heterocycles. The number of aromatic nitrogens is 1. The molecule has 0 radical (unpaired) electrons. The number of fused-ring (bicyclic) bond motifs is 1. The zero-order valence-corrected chi connectivity index (χ0v) is 16.1. The van der Waals surface area contributed by atoms with Crippen LogP contribution in [0.15, 0.2) is 30.5 Å². The quantitative estimate of drug-likeness (QED) is 0.682. The highest BCUT2D eigenvalue weighted by atomic mass is 16.4. The predicted octanol–water partition coefficient (Wildman–Crippen LogP) is 3.14. The number of carboxylic acids is 1. The second-order valence-corrected chi connectivity index (χ2v) is 7.60. The van der Waals surface area contributed by atoms with Crippen LogP contribution in [0.4, 0.5) is 5.69 Å². The Hall–Kier alpha value is -2.83. The van der Waals surface area contributed by atoms with E-state index in [2.05, 4.69) is 10.6 Å². The zero-order valence-electron chi connectivity index (χ0n) is 16.1. The molecule has 2 aromatic rings. The van der Waals surface area contributed by atoms with Gasteiger partial charge in [0.25, 0.3) is 0 Å². The molecule has 0 bridgehead atoms. The van der Waals surface area contributed by atoms with Crippen molar-refractivity contribution in [3.63, 3.8) is 0 Å². The minimum atomic E-state index is -0.910. The Morgan fingerprint density at radius 2 is 1.93 bits per heavy atom. The highest BCUT2D eigenvalue weighted by Crippen LogP contribution is 2.26. The molecule has 1 heterocycles. The fourth-order valence-corrected chi connectivity index (χ4v) is 3.83. The van der Waals surface area contributed by atoms with Gasteiger partial charge >= 0.3 is 5.97 Å². The third kappa shape index (κ3) is 5.12. The lowest BCUT2D eigenvalue weighted by Crippen LogP contribution is -2.42. The maximum atomic E-state index is 12.4. The minimum Gasteiger partial charge on any atom is -0.480 e. The summed E-state index contributed by atoms with van der Waals surface area (Å²) in [6.07, 6.45) is 8.00. The van der Waals surface area contributed by atoms with Crippen LogP contribution in [0.1, 0.15) is 45.4 Å². The van der Waals surface area contributed by atoms with Gasteiger partial charge in [-0.3, -0.25) is 14.4 Å². The number of hydrogen-bond acceptors (Lipinski definition) is 3. The number of benzene rings is 1. The summed E-state index contributed by atoms with van der Waals surface area (Å²) in [5.41, 5.74) is 1.40. The first kappa shape index (κ1) is 19.9. The number of rotatable bonds is 7. The number of nitrogens with zero attached hydrogens (tertiary/aromatic N) is 1. The first-order chi connectivity index (χ1) is 13.4. The number of carboxylic acid groups (broad SMARTS) is 1. The average Bonchev–Trinajstić information content (AvgIpc) is 3.03. The van der Waals surface area contributed by atoms with Crippen LogP contribution in [0.5, 0.6) is 0 Å². The highest BCUT2D eigenvalue weighted by Gasteiger charge is 2.20. The van der Waals surface area contributed by atoms with Crippen molar-refractivity contribution in [3.8, 4) is 0 Å². The standard InChI is InChI=1S/C21H27N3O4/c1-14(22-19(25)11-15-5-3-2-4-6-15)21(28)23-17-7-8-18-16(12-17)9-10-24(18)13-20(26)27/h7-10,12,14-15H,2-6,11,13H2,1H3,(H,22,25)(H,23,28)(H,26,27). The molecule has 1 aliphatic rings. The Morgan fingerprint density at radius 1 is 1.18 bits per heavy atom. The van der Waals surface area contributed by atoms with E-state index in [1.807, 2.05) is 6.07 Å². The van der Waals surface area contributed by atoms with E-state index >= 15 is 0 Å². The maximum absolute atomic E-state index is 12.4. The average molecular weight is 385 g/mol. The molecule has 0 saturated heterocycles. The Labute approximate surface area is 164 Å². The molecule has 28 heavy (non-hydrogen) atoms. The summed E-state index contributed by atoms with van der Waals surface area (Å²) in [5, 5.41) is 15.4. The van der Waals surface area contributed by atoms with E-state index in [-0.39, 0.29) is 18.4 Å². The lowest BCUT2D eigenvalue weighted by molar-refractivity contribution is -0.137. The van der Waals surface area contributed by atoms with Crippen molar-refractivity contribution in [1.29, 1.82) is 0 Å². The molecule has 3 rings (SSSR count). The van der Waals surface area contributed by atoms with Gasteiger partial charge in [-0.1, -0.05) is 19.3 Å². The van der Waals surface area contributed by atoms with E-state index < -0.39 is 12.0 Å². The van der Waals surface area contributed by atoms with Gasteiger partial charge in [0.05, 0.1) is 0 Å². The van der Waals surface area contributed by atoms with Crippen LogP contribution in [0.3, 0.4) is 0 Å². The van der Waals surface area contributed by atoms with Crippen LogP contribution in [0, 0.1) is 5.92 Å². The number of amides is 2. The molecule has 1 atom stereocenters. The van der Waals surface area contributed by atoms with E-state index in [1.54, 1.807) is 35.9 Å².